The van der Waals surface area contributed by atoms with Crippen LogP contribution in [0.1, 0.15) is 12.0 Å². The molecule has 1 unspecified atom stereocenters. The fraction of sp³-hybridized carbons (Fsp3) is 0.500. The highest BCUT2D eigenvalue weighted by Gasteiger charge is 2.07. The molecular weight excluding hydrogens is 204 g/mol. The molecule has 0 amide bonds. The van der Waals surface area contributed by atoms with Gasteiger partial charge in [0.2, 0.25) is 0 Å². The van der Waals surface area contributed by atoms with Gasteiger partial charge in [-0.1, -0.05) is 6.07 Å². The second kappa shape index (κ2) is 6.35. The van der Waals surface area contributed by atoms with Crippen LogP contribution in [0.2, 0.25) is 0 Å². The van der Waals surface area contributed by atoms with E-state index in [2.05, 4.69) is 5.32 Å². The van der Waals surface area contributed by atoms with Crippen molar-refractivity contribution in [3.8, 4) is 0 Å². The number of aliphatic hydroxyl groups is 1. The zero-order valence-corrected chi connectivity index (χ0v) is 9.86. The number of hydrogen-bond donors (Lipinski definition) is 3. The molecule has 1 rings (SSSR count). The van der Waals surface area contributed by atoms with Gasteiger partial charge in [-0.15, -0.1) is 0 Å². The van der Waals surface area contributed by atoms with Crippen LogP contribution >= 0.6 is 0 Å². The molecule has 1 atom stereocenters. The van der Waals surface area contributed by atoms with E-state index < -0.39 is 0 Å². The van der Waals surface area contributed by atoms with Crippen molar-refractivity contribution >= 4 is 11.4 Å². The summed E-state index contributed by atoms with van der Waals surface area (Å²) in [4.78, 5) is 0. The molecular formula is C12H20N2O2. The molecule has 0 aromatic heterocycles. The van der Waals surface area contributed by atoms with E-state index in [0.29, 0.717) is 13.0 Å². The largest absolute Gasteiger partial charge is 0.398 e. The fourth-order valence-electron chi connectivity index (χ4n) is 1.52. The Kier molecular flexibility index (Phi) is 5.08. The summed E-state index contributed by atoms with van der Waals surface area (Å²) in [5, 5.41) is 12.2. The molecule has 90 valence electrons. The summed E-state index contributed by atoms with van der Waals surface area (Å²) in [7, 11) is 1.65. The van der Waals surface area contributed by atoms with Gasteiger partial charge in [0, 0.05) is 25.1 Å². The number of anilines is 2. The van der Waals surface area contributed by atoms with Gasteiger partial charge in [0.05, 0.1) is 12.6 Å². The zero-order valence-electron chi connectivity index (χ0n) is 9.86. The third kappa shape index (κ3) is 3.72. The third-order valence-corrected chi connectivity index (χ3v) is 2.50. The van der Waals surface area contributed by atoms with Crippen LogP contribution in [0, 0.1) is 6.92 Å². The molecule has 0 heterocycles. The monoisotopic (exact) mass is 224 g/mol. The lowest BCUT2D eigenvalue weighted by Gasteiger charge is -2.18. The van der Waals surface area contributed by atoms with E-state index in [1.54, 1.807) is 7.11 Å². The Balaban J connectivity index is 2.65. The van der Waals surface area contributed by atoms with Gasteiger partial charge in [0.1, 0.15) is 0 Å². The van der Waals surface area contributed by atoms with E-state index in [9.17, 15) is 0 Å². The van der Waals surface area contributed by atoms with Crippen molar-refractivity contribution in [2.24, 2.45) is 0 Å². The van der Waals surface area contributed by atoms with Crippen LogP contribution < -0.4 is 11.1 Å². The molecule has 1 aromatic carbocycles. The summed E-state index contributed by atoms with van der Waals surface area (Å²) in [6.07, 6.45) is 0.654. The Bertz CT molecular complexity index is 323. The van der Waals surface area contributed by atoms with Crippen molar-refractivity contribution in [1.82, 2.24) is 0 Å². The Morgan fingerprint density at radius 2 is 2.25 bits per heavy atom. The van der Waals surface area contributed by atoms with Gasteiger partial charge in [-0.05, 0) is 31.0 Å². The van der Waals surface area contributed by atoms with Gasteiger partial charge in [-0.3, -0.25) is 0 Å². The number of nitrogens with one attached hydrogen (secondary N) is 1. The first-order valence-corrected chi connectivity index (χ1v) is 5.40. The number of aliphatic hydroxyl groups excluding tert-OH is 1. The summed E-state index contributed by atoms with van der Waals surface area (Å²) in [5.74, 6) is 0. The van der Waals surface area contributed by atoms with Gasteiger partial charge in [-0.2, -0.15) is 0 Å². The summed E-state index contributed by atoms with van der Waals surface area (Å²) in [6.45, 7) is 2.68. The van der Waals surface area contributed by atoms with Gasteiger partial charge in [0.25, 0.3) is 0 Å². The maximum atomic E-state index is 8.92. The van der Waals surface area contributed by atoms with E-state index >= 15 is 0 Å². The molecule has 0 spiro atoms. The highest BCUT2D eigenvalue weighted by atomic mass is 16.5. The van der Waals surface area contributed by atoms with E-state index in [0.717, 1.165) is 16.9 Å². The van der Waals surface area contributed by atoms with Crippen LogP contribution in [0.3, 0.4) is 0 Å². The van der Waals surface area contributed by atoms with Crippen molar-refractivity contribution in [3.63, 3.8) is 0 Å². The SMILES string of the molecule is COCC(CCO)Nc1ccc(C)c(N)c1. The summed E-state index contributed by atoms with van der Waals surface area (Å²) in [5.41, 5.74) is 8.62. The maximum Gasteiger partial charge on any atom is 0.0664 e. The first-order valence-electron chi connectivity index (χ1n) is 5.40. The molecule has 0 aliphatic rings. The lowest BCUT2D eigenvalue weighted by molar-refractivity contribution is 0.170. The lowest BCUT2D eigenvalue weighted by atomic mass is 10.1. The summed E-state index contributed by atoms with van der Waals surface area (Å²) in [6, 6.07) is 5.96. The minimum atomic E-state index is 0.108. The Morgan fingerprint density at radius 1 is 1.50 bits per heavy atom. The first-order chi connectivity index (χ1) is 7.67. The number of methoxy groups -OCH3 is 1. The van der Waals surface area contributed by atoms with Crippen LogP contribution in [0.5, 0.6) is 0 Å². The van der Waals surface area contributed by atoms with E-state index in [-0.39, 0.29) is 12.6 Å². The van der Waals surface area contributed by atoms with Crippen LogP contribution in [0.15, 0.2) is 18.2 Å². The van der Waals surface area contributed by atoms with Crippen molar-refractivity contribution < 1.29 is 9.84 Å². The van der Waals surface area contributed by atoms with E-state index in [1.165, 1.54) is 0 Å². The second-order valence-electron chi connectivity index (χ2n) is 3.88. The highest BCUT2D eigenvalue weighted by molar-refractivity contribution is 5.58. The highest BCUT2D eigenvalue weighted by Crippen LogP contribution is 2.18. The van der Waals surface area contributed by atoms with Crippen LogP contribution in [-0.2, 0) is 4.74 Å². The fourth-order valence-corrected chi connectivity index (χ4v) is 1.52. The van der Waals surface area contributed by atoms with E-state index in [4.69, 9.17) is 15.6 Å². The molecule has 0 saturated heterocycles. The van der Waals surface area contributed by atoms with Crippen molar-refractivity contribution in [2.45, 2.75) is 19.4 Å². The minimum Gasteiger partial charge on any atom is -0.398 e. The number of hydrogen-bond acceptors (Lipinski definition) is 4. The molecule has 1 aromatic rings. The first kappa shape index (κ1) is 12.8. The second-order valence-corrected chi connectivity index (χ2v) is 3.88. The smallest absolute Gasteiger partial charge is 0.0664 e. The molecule has 16 heavy (non-hydrogen) atoms. The number of aryl methyl sites for hydroxylation is 1. The predicted octanol–water partition coefficient (Wildman–Crippen LogP) is 1.39. The lowest BCUT2D eigenvalue weighted by Crippen LogP contribution is -2.26. The quantitative estimate of drug-likeness (QED) is 0.639. The number of ether oxygens (including phenoxy) is 1. The standard InChI is InChI=1S/C12H20N2O2/c1-9-3-4-10(7-12(9)13)14-11(5-6-15)8-16-2/h3-4,7,11,14-15H,5-6,8,13H2,1-2H3. The van der Waals surface area contributed by atoms with Crippen molar-refractivity contribution in [2.75, 3.05) is 31.4 Å². The van der Waals surface area contributed by atoms with Gasteiger partial charge >= 0.3 is 0 Å². The number of rotatable bonds is 6. The van der Waals surface area contributed by atoms with Crippen LogP contribution in [0.25, 0.3) is 0 Å². The zero-order chi connectivity index (χ0) is 12.0. The molecule has 0 radical (unpaired) electrons. The van der Waals surface area contributed by atoms with Gasteiger partial charge < -0.3 is 20.9 Å². The van der Waals surface area contributed by atoms with Crippen LogP contribution in [-0.4, -0.2) is 31.5 Å². The van der Waals surface area contributed by atoms with Crippen molar-refractivity contribution in [3.05, 3.63) is 23.8 Å². The maximum absolute atomic E-state index is 8.92. The normalized spacial score (nSPS) is 12.4. The van der Waals surface area contributed by atoms with E-state index in [1.807, 2.05) is 25.1 Å². The topological polar surface area (TPSA) is 67.5 Å². The summed E-state index contributed by atoms with van der Waals surface area (Å²) < 4.78 is 5.08. The Morgan fingerprint density at radius 3 is 2.81 bits per heavy atom. The molecule has 4 N–H and O–H groups in total. The number of nitrogens with two attached hydrogens (primary N) is 1. The number of benzene rings is 1. The van der Waals surface area contributed by atoms with Crippen LogP contribution in [0.4, 0.5) is 11.4 Å². The van der Waals surface area contributed by atoms with Crippen molar-refractivity contribution in [1.29, 1.82) is 0 Å². The molecule has 0 fully saturated rings. The minimum absolute atomic E-state index is 0.108. The molecule has 0 saturated carbocycles. The Labute approximate surface area is 96.4 Å². The Hall–Kier alpha value is -1.26. The average Bonchev–Trinajstić information content (AvgIpc) is 2.24. The molecule has 0 aliphatic carbocycles. The molecule has 4 nitrogen and oxygen atoms in total. The molecule has 4 heteroatoms. The van der Waals surface area contributed by atoms with Gasteiger partial charge in [-0.25, -0.2) is 0 Å². The number of nitrogen functional groups attached to an aromatic ring is 1. The summed E-state index contributed by atoms with van der Waals surface area (Å²) >= 11 is 0. The predicted molar refractivity (Wildman–Crippen MR) is 66.6 cm³/mol. The third-order valence-electron chi connectivity index (χ3n) is 2.50. The van der Waals surface area contributed by atoms with Gasteiger partial charge in [0.15, 0.2) is 0 Å². The average molecular weight is 224 g/mol. The molecule has 0 bridgehead atoms. The molecule has 0 aliphatic heterocycles.